The van der Waals surface area contributed by atoms with E-state index in [0.717, 1.165) is 0 Å². The van der Waals surface area contributed by atoms with Crippen LogP contribution in [0.1, 0.15) is 18.5 Å². The second kappa shape index (κ2) is 8.29. The predicted octanol–water partition coefficient (Wildman–Crippen LogP) is 2.76. The van der Waals surface area contributed by atoms with Gasteiger partial charge in [0.2, 0.25) is 10.0 Å². The molecule has 142 valence electrons. The molecule has 0 aromatic heterocycles. The molecule has 2 rings (SSSR count). The molecule has 0 unspecified atom stereocenters. The Morgan fingerprint density at radius 1 is 0.808 bits per heavy atom. The summed E-state index contributed by atoms with van der Waals surface area (Å²) >= 11 is 0. The number of ether oxygens (including phenoxy) is 4. The van der Waals surface area contributed by atoms with Gasteiger partial charge in [-0.3, -0.25) is 0 Å². The third kappa shape index (κ3) is 4.20. The van der Waals surface area contributed by atoms with Gasteiger partial charge in [-0.05, 0) is 37.3 Å². The molecule has 8 heteroatoms. The first-order valence-electron chi connectivity index (χ1n) is 7.82. The van der Waals surface area contributed by atoms with Crippen LogP contribution in [0.15, 0.2) is 41.3 Å². The second-order valence-electron chi connectivity index (χ2n) is 5.47. The Balaban J connectivity index is 2.41. The first kappa shape index (κ1) is 19.9. The van der Waals surface area contributed by atoms with E-state index >= 15 is 0 Å². The summed E-state index contributed by atoms with van der Waals surface area (Å²) in [6.07, 6.45) is 0. The van der Waals surface area contributed by atoms with Crippen LogP contribution >= 0.6 is 0 Å². The van der Waals surface area contributed by atoms with Gasteiger partial charge in [0.1, 0.15) is 27.9 Å². The minimum absolute atomic E-state index is 0.00642. The van der Waals surface area contributed by atoms with E-state index in [0.29, 0.717) is 22.8 Å². The number of hydrogen-bond donors (Lipinski definition) is 1. The summed E-state index contributed by atoms with van der Waals surface area (Å²) in [6, 6.07) is 9.22. The van der Waals surface area contributed by atoms with Gasteiger partial charge in [-0.25, -0.2) is 13.1 Å². The summed E-state index contributed by atoms with van der Waals surface area (Å²) in [6.45, 7) is 1.72. The van der Waals surface area contributed by atoms with Crippen LogP contribution in [0.25, 0.3) is 0 Å². The molecule has 0 heterocycles. The van der Waals surface area contributed by atoms with Crippen LogP contribution in [0.2, 0.25) is 0 Å². The van der Waals surface area contributed by atoms with Crippen LogP contribution in [0.4, 0.5) is 0 Å². The van der Waals surface area contributed by atoms with E-state index in [1.807, 2.05) is 0 Å². The molecule has 0 saturated carbocycles. The molecule has 0 saturated heterocycles. The lowest BCUT2D eigenvalue weighted by Gasteiger charge is -2.19. The van der Waals surface area contributed by atoms with E-state index in [1.165, 1.54) is 27.4 Å². The summed E-state index contributed by atoms with van der Waals surface area (Å²) in [5.41, 5.74) is 0.650. The quantitative estimate of drug-likeness (QED) is 0.757. The van der Waals surface area contributed by atoms with E-state index in [-0.39, 0.29) is 10.6 Å². The summed E-state index contributed by atoms with van der Waals surface area (Å²) < 4.78 is 49.3. The Morgan fingerprint density at radius 2 is 1.35 bits per heavy atom. The topological polar surface area (TPSA) is 83.1 Å². The number of nitrogens with one attached hydrogen (secondary N) is 1. The van der Waals surface area contributed by atoms with E-state index < -0.39 is 16.1 Å². The van der Waals surface area contributed by atoms with Gasteiger partial charge in [0.15, 0.2) is 0 Å². The largest absolute Gasteiger partial charge is 0.497 e. The molecule has 26 heavy (non-hydrogen) atoms. The molecule has 1 atom stereocenters. The van der Waals surface area contributed by atoms with Crippen LogP contribution in [0, 0.1) is 0 Å². The molecule has 2 aromatic rings. The average molecular weight is 381 g/mol. The number of hydrogen-bond acceptors (Lipinski definition) is 6. The fourth-order valence-corrected chi connectivity index (χ4v) is 3.94. The molecule has 0 aliphatic rings. The first-order valence-corrected chi connectivity index (χ1v) is 9.31. The lowest BCUT2D eigenvalue weighted by molar-refractivity contribution is 0.390. The molecule has 0 radical (unpaired) electrons. The molecule has 0 bridgehead atoms. The standard InChI is InChI=1S/C18H23NO6S/c1-12(15-10-13(22-2)6-8-16(15)24-4)19-26(20,21)18-11-14(23-3)7-9-17(18)25-5/h6-12,19H,1-5H3/t12-/m1/s1. The van der Waals surface area contributed by atoms with Gasteiger partial charge < -0.3 is 18.9 Å². The van der Waals surface area contributed by atoms with Crippen molar-refractivity contribution in [1.29, 1.82) is 0 Å². The van der Waals surface area contributed by atoms with Crippen molar-refractivity contribution in [2.24, 2.45) is 0 Å². The Labute approximate surface area is 153 Å². The highest BCUT2D eigenvalue weighted by Crippen LogP contribution is 2.32. The van der Waals surface area contributed by atoms with Crippen molar-refractivity contribution in [2.75, 3.05) is 28.4 Å². The molecule has 0 spiro atoms. The second-order valence-corrected chi connectivity index (χ2v) is 7.15. The lowest BCUT2D eigenvalue weighted by Crippen LogP contribution is -2.27. The van der Waals surface area contributed by atoms with Crippen molar-refractivity contribution in [1.82, 2.24) is 4.72 Å². The monoisotopic (exact) mass is 381 g/mol. The first-order chi connectivity index (χ1) is 12.4. The van der Waals surface area contributed by atoms with Crippen LogP contribution in [-0.4, -0.2) is 36.9 Å². The van der Waals surface area contributed by atoms with E-state index in [4.69, 9.17) is 18.9 Å². The van der Waals surface area contributed by atoms with Crippen LogP contribution in [0.3, 0.4) is 0 Å². The van der Waals surface area contributed by atoms with Gasteiger partial charge in [-0.2, -0.15) is 0 Å². The Morgan fingerprint density at radius 3 is 1.88 bits per heavy atom. The van der Waals surface area contributed by atoms with Crippen molar-refractivity contribution in [3.05, 3.63) is 42.0 Å². The molecular weight excluding hydrogens is 358 g/mol. The highest BCUT2D eigenvalue weighted by atomic mass is 32.2. The highest BCUT2D eigenvalue weighted by molar-refractivity contribution is 7.89. The van der Waals surface area contributed by atoms with E-state index in [2.05, 4.69) is 4.72 Å². The van der Waals surface area contributed by atoms with Gasteiger partial charge in [0.25, 0.3) is 0 Å². The van der Waals surface area contributed by atoms with Crippen molar-refractivity contribution >= 4 is 10.0 Å². The molecule has 0 fully saturated rings. The minimum atomic E-state index is -3.88. The third-order valence-electron chi connectivity index (χ3n) is 3.90. The molecule has 0 aliphatic heterocycles. The zero-order valence-electron chi connectivity index (χ0n) is 15.4. The predicted molar refractivity (Wildman–Crippen MR) is 97.8 cm³/mol. The van der Waals surface area contributed by atoms with Gasteiger partial charge >= 0.3 is 0 Å². The number of benzene rings is 2. The van der Waals surface area contributed by atoms with Crippen molar-refractivity contribution in [3.63, 3.8) is 0 Å². The molecule has 0 amide bonds. The lowest BCUT2D eigenvalue weighted by atomic mass is 10.1. The summed E-state index contributed by atoms with van der Waals surface area (Å²) in [4.78, 5) is -0.00642. The number of rotatable bonds is 8. The Hall–Kier alpha value is -2.45. The molecule has 0 aliphatic carbocycles. The third-order valence-corrected chi connectivity index (χ3v) is 5.46. The van der Waals surface area contributed by atoms with Gasteiger partial charge in [-0.1, -0.05) is 0 Å². The van der Waals surface area contributed by atoms with Crippen LogP contribution in [0.5, 0.6) is 23.0 Å². The fourth-order valence-electron chi connectivity index (χ4n) is 2.53. The molecule has 1 N–H and O–H groups in total. The smallest absolute Gasteiger partial charge is 0.244 e. The van der Waals surface area contributed by atoms with E-state index in [1.54, 1.807) is 44.4 Å². The molecule has 2 aromatic carbocycles. The summed E-state index contributed by atoms with van der Waals surface area (Å²) in [5, 5.41) is 0. The van der Waals surface area contributed by atoms with Crippen LogP contribution < -0.4 is 23.7 Å². The maximum Gasteiger partial charge on any atom is 0.244 e. The normalized spacial score (nSPS) is 12.3. The van der Waals surface area contributed by atoms with Gasteiger partial charge in [0, 0.05) is 17.7 Å². The minimum Gasteiger partial charge on any atom is -0.497 e. The fraction of sp³-hybridized carbons (Fsp3) is 0.333. The SMILES string of the molecule is COc1ccc(OC)c([C@@H](C)NS(=O)(=O)c2cc(OC)ccc2OC)c1. The number of methoxy groups -OCH3 is 4. The summed E-state index contributed by atoms with van der Waals surface area (Å²) in [5.74, 6) is 1.80. The zero-order valence-corrected chi connectivity index (χ0v) is 16.2. The molecule has 7 nitrogen and oxygen atoms in total. The van der Waals surface area contributed by atoms with Crippen LogP contribution in [-0.2, 0) is 10.0 Å². The Bertz CT molecular complexity index is 866. The highest BCUT2D eigenvalue weighted by Gasteiger charge is 2.25. The van der Waals surface area contributed by atoms with Gasteiger partial charge in [0.05, 0.1) is 28.4 Å². The van der Waals surface area contributed by atoms with Gasteiger partial charge in [-0.15, -0.1) is 0 Å². The zero-order chi connectivity index (χ0) is 19.3. The van der Waals surface area contributed by atoms with Crippen molar-refractivity contribution < 1.29 is 27.4 Å². The molecular formula is C18H23NO6S. The van der Waals surface area contributed by atoms with Crippen molar-refractivity contribution in [2.45, 2.75) is 17.9 Å². The average Bonchev–Trinajstić information content (AvgIpc) is 2.66. The maximum absolute atomic E-state index is 12.9. The van der Waals surface area contributed by atoms with E-state index in [9.17, 15) is 8.42 Å². The summed E-state index contributed by atoms with van der Waals surface area (Å²) in [7, 11) is 2.07. The van der Waals surface area contributed by atoms with Crippen molar-refractivity contribution in [3.8, 4) is 23.0 Å². The number of sulfonamides is 1. The maximum atomic E-state index is 12.9. The Kier molecular flexibility index (Phi) is 6.33.